The summed E-state index contributed by atoms with van der Waals surface area (Å²) >= 11 is 0. The number of aromatic nitrogens is 4. The molecule has 1 heterocycles. The molecule has 1 N–H and O–H groups in total. The Labute approximate surface area is 90.2 Å². The van der Waals surface area contributed by atoms with Gasteiger partial charge in [-0.05, 0) is 28.7 Å². The lowest BCUT2D eigenvalue weighted by atomic mass is 9.76. The second kappa shape index (κ2) is 4.16. The zero-order valence-electron chi connectivity index (χ0n) is 9.53. The second-order valence-corrected chi connectivity index (χ2v) is 4.85. The maximum absolute atomic E-state index is 3.92. The lowest BCUT2D eigenvalue weighted by molar-refractivity contribution is 0.233. The molecule has 1 aromatic rings. The summed E-state index contributed by atoms with van der Waals surface area (Å²) in [5.74, 6) is 0.766. The van der Waals surface area contributed by atoms with Crippen molar-refractivity contribution in [1.82, 2.24) is 20.2 Å². The van der Waals surface area contributed by atoms with Crippen LogP contribution >= 0.6 is 0 Å². The minimum absolute atomic E-state index is 0.421. The molecular weight excluding hydrogens is 190 g/mol. The number of aryl methyl sites for hydroxylation is 1. The predicted molar refractivity (Wildman–Crippen MR) is 58.5 cm³/mol. The van der Waals surface area contributed by atoms with Crippen molar-refractivity contribution >= 4 is 5.95 Å². The Bertz CT molecular complexity index is 313. The first kappa shape index (κ1) is 10.4. The molecule has 0 aliphatic heterocycles. The first-order valence-electron chi connectivity index (χ1n) is 5.66. The molecule has 5 nitrogen and oxygen atoms in total. The summed E-state index contributed by atoms with van der Waals surface area (Å²) in [7, 11) is 1.85. The Balaban J connectivity index is 1.89. The largest absolute Gasteiger partial charge is 0.353 e. The van der Waals surface area contributed by atoms with Crippen LogP contribution in [0, 0.1) is 5.41 Å². The highest BCUT2D eigenvalue weighted by molar-refractivity contribution is 5.21. The number of rotatable bonds is 3. The molecular formula is C10H19N5. The van der Waals surface area contributed by atoms with Gasteiger partial charge in [-0.3, -0.25) is 0 Å². The maximum atomic E-state index is 3.92. The minimum atomic E-state index is 0.421. The first-order chi connectivity index (χ1) is 7.20. The fourth-order valence-electron chi connectivity index (χ4n) is 2.25. The van der Waals surface area contributed by atoms with Crippen LogP contribution in [0.15, 0.2) is 0 Å². The predicted octanol–water partition coefficient (Wildman–Crippen LogP) is 1.59. The average Bonchev–Trinajstić information content (AvgIpc) is 2.62. The van der Waals surface area contributed by atoms with Gasteiger partial charge in [0, 0.05) is 13.6 Å². The van der Waals surface area contributed by atoms with E-state index in [1.54, 1.807) is 4.68 Å². The van der Waals surface area contributed by atoms with Crippen LogP contribution in [0.4, 0.5) is 5.95 Å². The topological polar surface area (TPSA) is 55.6 Å². The molecule has 0 aromatic carbocycles. The van der Waals surface area contributed by atoms with E-state index in [0.717, 1.165) is 12.5 Å². The van der Waals surface area contributed by atoms with Gasteiger partial charge >= 0.3 is 0 Å². The highest BCUT2D eigenvalue weighted by Crippen LogP contribution is 2.35. The highest BCUT2D eigenvalue weighted by Gasteiger charge is 2.26. The molecule has 1 fully saturated rings. The van der Waals surface area contributed by atoms with E-state index in [0.29, 0.717) is 5.41 Å². The third-order valence-corrected chi connectivity index (χ3v) is 3.35. The van der Waals surface area contributed by atoms with Gasteiger partial charge in [-0.25, -0.2) is 4.68 Å². The van der Waals surface area contributed by atoms with E-state index in [-0.39, 0.29) is 0 Å². The van der Waals surface area contributed by atoms with E-state index in [4.69, 9.17) is 0 Å². The van der Waals surface area contributed by atoms with Crippen molar-refractivity contribution in [1.29, 1.82) is 0 Å². The van der Waals surface area contributed by atoms with Crippen molar-refractivity contribution in [3.05, 3.63) is 0 Å². The molecule has 84 valence electrons. The Kier molecular flexibility index (Phi) is 2.88. The quantitative estimate of drug-likeness (QED) is 0.821. The number of nitrogens with one attached hydrogen (secondary N) is 1. The number of hydrogen-bond donors (Lipinski definition) is 1. The Hall–Kier alpha value is -1.13. The lowest BCUT2D eigenvalue weighted by Gasteiger charge is -2.33. The molecule has 0 spiro atoms. The molecule has 0 amide bonds. The number of anilines is 1. The molecule has 1 aliphatic carbocycles. The van der Waals surface area contributed by atoms with Gasteiger partial charge in [-0.2, -0.15) is 0 Å². The van der Waals surface area contributed by atoms with Crippen molar-refractivity contribution in [2.75, 3.05) is 11.9 Å². The van der Waals surface area contributed by atoms with Crippen molar-refractivity contribution < 1.29 is 0 Å². The lowest BCUT2D eigenvalue weighted by Crippen LogP contribution is -2.29. The van der Waals surface area contributed by atoms with E-state index in [2.05, 4.69) is 27.8 Å². The van der Waals surface area contributed by atoms with E-state index < -0.39 is 0 Å². The van der Waals surface area contributed by atoms with Crippen LogP contribution < -0.4 is 5.32 Å². The summed E-state index contributed by atoms with van der Waals surface area (Å²) in [5.41, 5.74) is 0.421. The van der Waals surface area contributed by atoms with Crippen LogP contribution in [0.3, 0.4) is 0 Å². The Morgan fingerprint density at radius 3 is 2.67 bits per heavy atom. The molecule has 0 unspecified atom stereocenters. The average molecular weight is 209 g/mol. The van der Waals surface area contributed by atoms with Crippen LogP contribution in [0.5, 0.6) is 0 Å². The number of nitrogens with zero attached hydrogens (tertiary/aromatic N) is 4. The summed E-state index contributed by atoms with van der Waals surface area (Å²) in [6.45, 7) is 3.32. The summed E-state index contributed by atoms with van der Waals surface area (Å²) in [4.78, 5) is 0. The minimum Gasteiger partial charge on any atom is -0.353 e. The van der Waals surface area contributed by atoms with Crippen molar-refractivity contribution in [3.63, 3.8) is 0 Å². The molecule has 0 atom stereocenters. The van der Waals surface area contributed by atoms with Gasteiger partial charge in [0.15, 0.2) is 0 Å². The third kappa shape index (κ3) is 2.46. The van der Waals surface area contributed by atoms with Crippen molar-refractivity contribution in [2.45, 2.75) is 39.0 Å². The van der Waals surface area contributed by atoms with Gasteiger partial charge < -0.3 is 5.32 Å². The van der Waals surface area contributed by atoms with Crippen LogP contribution in [0.25, 0.3) is 0 Å². The molecule has 1 aliphatic rings. The van der Waals surface area contributed by atoms with Gasteiger partial charge in [-0.1, -0.05) is 31.3 Å². The highest BCUT2D eigenvalue weighted by atomic mass is 15.6. The van der Waals surface area contributed by atoms with Crippen LogP contribution in [-0.2, 0) is 7.05 Å². The summed E-state index contributed by atoms with van der Waals surface area (Å²) in [5, 5.41) is 14.7. The zero-order valence-corrected chi connectivity index (χ0v) is 9.53. The van der Waals surface area contributed by atoms with E-state index in [1.165, 1.54) is 32.1 Å². The van der Waals surface area contributed by atoms with Crippen molar-refractivity contribution in [3.8, 4) is 0 Å². The van der Waals surface area contributed by atoms with Crippen molar-refractivity contribution in [2.24, 2.45) is 12.5 Å². The van der Waals surface area contributed by atoms with Gasteiger partial charge in [-0.15, -0.1) is 0 Å². The number of tetrazole rings is 1. The summed E-state index contributed by atoms with van der Waals surface area (Å²) in [6, 6.07) is 0. The normalized spacial score (nSPS) is 20.1. The monoisotopic (exact) mass is 209 g/mol. The van der Waals surface area contributed by atoms with Crippen LogP contribution in [-0.4, -0.2) is 26.8 Å². The van der Waals surface area contributed by atoms with Gasteiger partial charge in [0.25, 0.3) is 0 Å². The molecule has 2 rings (SSSR count). The molecule has 0 bridgehead atoms. The van der Waals surface area contributed by atoms with Crippen LogP contribution in [0.2, 0.25) is 0 Å². The molecule has 0 radical (unpaired) electrons. The third-order valence-electron chi connectivity index (χ3n) is 3.35. The van der Waals surface area contributed by atoms with E-state index >= 15 is 0 Å². The van der Waals surface area contributed by atoms with Gasteiger partial charge in [0.1, 0.15) is 0 Å². The molecule has 1 aromatic heterocycles. The SMILES string of the molecule is Cn1nnnc1NCC1(C)CCCCC1. The van der Waals surface area contributed by atoms with Gasteiger partial charge in [0.2, 0.25) is 5.95 Å². The van der Waals surface area contributed by atoms with Gasteiger partial charge in [0.05, 0.1) is 0 Å². The molecule has 0 saturated heterocycles. The number of hydrogen-bond acceptors (Lipinski definition) is 4. The van der Waals surface area contributed by atoms with Crippen LogP contribution in [0.1, 0.15) is 39.0 Å². The Morgan fingerprint density at radius 1 is 1.33 bits per heavy atom. The molecule has 1 saturated carbocycles. The van der Waals surface area contributed by atoms with E-state index in [1.807, 2.05) is 7.05 Å². The molecule has 5 heteroatoms. The smallest absolute Gasteiger partial charge is 0.242 e. The summed E-state index contributed by atoms with van der Waals surface area (Å²) < 4.78 is 1.67. The fourth-order valence-corrected chi connectivity index (χ4v) is 2.25. The zero-order chi connectivity index (χ0) is 10.7. The fraction of sp³-hybridized carbons (Fsp3) is 0.900. The maximum Gasteiger partial charge on any atom is 0.242 e. The standard InChI is InChI=1S/C10H19N5/c1-10(6-4-3-5-7-10)8-11-9-12-13-14-15(9)2/h3-8H2,1-2H3,(H,11,12,14). The molecule has 15 heavy (non-hydrogen) atoms. The second-order valence-electron chi connectivity index (χ2n) is 4.85. The first-order valence-corrected chi connectivity index (χ1v) is 5.66. The Morgan fingerprint density at radius 2 is 2.07 bits per heavy atom. The van der Waals surface area contributed by atoms with E-state index in [9.17, 15) is 0 Å². The summed E-state index contributed by atoms with van der Waals surface area (Å²) in [6.07, 6.45) is 6.72.